The Morgan fingerprint density at radius 3 is 2.47 bits per heavy atom. The fraction of sp³-hybridized carbons (Fsp3) is 0.833. The van der Waals surface area contributed by atoms with Crippen LogP contribution in [-0.2, 0) is 9.59 Å². The minimum atomic E-state index is -0.890. The fourth-order valence-electron chi connectivity index (χ4n) is 2.13. The van der Waals surface area contributed by atoms with E-state index in [0.717, 1.165) is 18.1 Å². The first-order valence-corrected chi connectivity index (χ1v) is 7.61. The van der Waals surface area contributed by atoms with E-state index in [-0.39, 0.29) is 24.4 Å². The predicted molar refractivity (Wildman–Crippen MR) is 81.6 cm³/mol. The average Bonchev–Trinajstić information content (AvgIpc) is 2.37. The summed E-state index contributed by atoms with van der Waals surface area (Å²) in [6.45, 7) is 4.66. The highest BCUT2D eigenvalue weighted by Gasteiger charge is 2.34. The zero-order valence-corrected chi connectivity index (χ0v) is 13.2. The van der Waals surface area contributed by atoms with Crippen LogP contribution in [0.1, 0.15) is 33.1 Å². The lowest BCUT2D eigenvalue weighted by Crippen LogP contribution is -2.57. The standard InChI is InChI=1S/C12H23N3O2S.ClH/c1-3-12(4-2,11(13)17)15-10(16)7-9-8-18-6-5-14-9;/h9,14H,3-8H2,1-2H3,(H2,13,17)(H,15,16);1H. The summed E-state index contributed by atoms with van der Waals surface area (Å²) < 4.78 is 0. The lowest BCUT2D eigenvalue weighted by Gasteiger charge is -2.30. The van der Waals surface area contributed by atoms with Crippen molar-refractivity contribution in [1.82, 2.24) is 10.6 Å². The van der Waals surface area contributed by atoms with Crippen LogP contribution < -0.4 is 16.4 Å². The van der Waals surface area contributed by atoms with Crippen LogP contribution in [-0.4, -0.2) is 41.4 Å². The summed E-state index contributed by atoms with van der Waals surface area (Å²) in [6, 6.07) is 0.197. The van der Waals surface area contributed by atoms with Crippen molar-refractivity contribution in [3.05, 3.63) is 0 Å². The first-order valence-electron chi connectivity index (χ1n) is 6.46. The second kappa shape index (κ2) is 8.66. The van der Waals surface area contributed by atoms with Crippen molar-refractivity contribution in [2.75, 3.05) is 18.1 Å². The lowest BCUT2D eigenvalue weighted by molar-refractivity contribution is -0.132. The number of carbonyl (C=O) groups is 2. The van der Waals surface area contributed by atoms with E-state index < -0.39 is 11.4 Å². The Morgan fingerprint density at radius 2 is 2.05 bits per heavy atom. The van der Waals surface area contributed by atoms with E-state index in [2.05, 4.69) is 10.6 Å². The first kappa shape index (κ1) is 18.5. The van der Waals surface area contributed by atoms with Crippen molar-refractivity contribution in [1.29, 1.82) is 0 Å². The summed E-state index contributed by atoms with van der Waals surface area (Å²) in [6.07, 6.45) is 1.46. The van der Waals surface area contributed by atoms with Crippen LogP contribution in [0.3, 0.4) is 0 Å². The zero-order chi connectivity index (χ0) is 13.6. The summed E-state index contributed by atoms with van der Waals surface area (Å²) in [5.74, 6) is 1.48. The molecule has 1 rings (SSSR count). The van der Waals surface area contributed by atoms with Crippen molar-refractivity contribution in [2.24, 2.45) is 5.73 Å². The van der Waals surface area contributed by atoms with Crippen LogP contribution >= 0.6 is 24.2 Å². The molecule has 7 heteroatoms. The summed E-state index contributed by atoms with van der Waals surface area (Å²) >= 11 is 1.85. The maximum absolute atomic E-state index is 12.0. The van der Waals surface area contributed by atoms with E-state index >= 15 is 0 Å². The Balaban J connectivity index is 0.00000324. The SMILES string of the molecule is CCC(CC)(NC(=O)CC1CSCCN1)C(N)=O.Cl. The highest BCUT2D eigenvalue weighted by atomic mass is 35.5. The monoisotopic (exact) mass is 309 g/mol. The minimum Gasteiger partial charge on any atom is -0.368 e. The Labute approximate surface area is 125 Å². The number of primary amides is 1. The molecule has 2 amide bonds. The molecule has 112 valence electrons. The van der Waals surface area contributed by atoms with Gasteiger partial charge < -0.3 is 16.4 Å². The van der Waals surface area contributed by atoms with Crippen molar-refractivity contribution >= 4 is 36.0 Å². The smallest absolute Gasteiger partial charge is 0.243 e. The quantitative estimate of drug-likeness (QED) is 0.673. The molecule has 0 aliphatic carbocycles. The zero-order valence-electron chi connectivity index (χ0n) is 11.5. The third kappa shape index (κ3) is 5.20. The number of halogens is 1. The van der Waals surface area contributed by atoms with E-state index in [4.69, 9.17) is 5.73 Å². The molecule has 5 nitrogen and oxygen atoms in total. The number of hydrogen-bond acceptors (Lipinski definition) is 4. The molecule has 1 aliphatic rings. The van der Waals surface area contributed by atoms with Crippen LogP contribution in [0, 0.1) is 0 Å². The van der Waals surface area contributed by atoms with Gasteiger partial charge in [-0.1, -0.05) is 13.8 Å². The highest BCUT2D eigenvalue weighted by molar-refractivity contribution is 7.99. The first-order chi connectivity index (χ1) is 8.54. The van der Waals surface area contributed by atoms with Crippen molar-refractivity contribution in [3.8, 4) is 0 Å². The molecule has 1 heterocycles. The number of carbonyl (C=O) groups excluding carboxylic acids is 2. The molecule has 1 aliphatic heterocycles. The molecule has 0 aromatic rings. The van der Waals surface area contributed by atoms with Gasteiger partial charge in [0.15, 0.2) is 0 Å². The summed E-state index contributed by atoms with van der Waals surface area (Å²) in [4.78, 5) is 23.5. The van der Waals surface area contributed by atoms with Crippen LogP contribution in [0.25, 0.3) is 0 Å². The maximum atomic E-state index is 12.0. The molecule has 19 heavy (non-hydrogen) atoms. The number of thioether (sulfide) groups is 1. The molecule has 0 radical (unpaired) electrons. The van der Waals surface area contributed by atoms with E-state index in [1.54, 1.807) is 0 Å². The number of amides is 2. The van der Waals surface area contributed by atoms with Gasteiger partial charge in [0.25, 0.3) is 0 Å². The molecule has 1 saturated heterocycles. The highest BCUT2D eigenvalue weighted by Crippen LogP contribution is 2.16. The van der Waals surface area contributed by atoms with E-state index in [9.17, 15) is 9.59 Å². The van der Waals surface area contributed by atoms with Gasteiger partial charge in [0.05, 0.1) is 0 Å². The molecule has 1 fully saturated rings. The number of rotatable bonds is 6. The summed E-state index contributed by atoms with van der Waals surface area (Å²) in [5.41, 5.74) is 4.51. The van der Waals surface area contributed by atoms with Gasteiger partial charge in [0.1, 0.15) is 5.54 Å². The molecule has 0 aromatic heterocycles. The average molecular weight is 310 g/mol. The van der Waals surface area contributed by atoms with Gasteiger partial charge in [-0.15, -0.1) is 12.4 Å². The fourth-order valence-corrected chi connectivity index (χ4v) is 3.08. The summed E-state index contributed by atoms with van der Waals surface area (Å²) in [7, 11) is 0. The van der Waals surface area contributed by atoms with Gasteiger partial charge in [-0.25, -0.2) is 0 Å². The second-order valence-corrected chi connectivity index (χ2v) is 5.78. The van der Waals surface area contributed by atoms with Gasteiger partial charge in [-0.2, -0.15) is 11.8 Å². The molecular weight excluding hydrogens is 286 g/mol. The molecule has 1 unspecified atom stereocenters. The Bertz CT molecular complexity index is 305. The van der Waals surface area contributed by atoms with E-state index in [0.29, 0.717) is 19.3 Å². The number of nitrogens with one attached hydrogen (secondary N) is 2. The van der Waals surface area contributed by atoms with Gasteiger partial charge in [0, 0.05) is 30.5 Å². The second-order valence-electron chi connectivity index (χ2n) is 4.63. The van der Waals surface area contributed by atoms with Crippen LogP contribution in [0.2, 0.25) is 0 Å². The Hall–Kier alpha value is -0.460. The van der Waals surface area contributed by atoms with Crippen LogP contribution in [0.4, 0.5) is 0 Å². The molecule has 0 aromatic carbocycles. The third-order valence-electron chi connectivity index (χ3n) is 3.49. The molecule has 0 saturated carbocycles. The van der Waals surface area contributed by atoms with Crippen LogP contribution in [0.15, 0.2) is 0 Å². The van der Waals surface area contributed by atoms with Crippen molar-refractivity contribution in [3.63, 3.8) is 0 Å². The minimum absolute atomic E-state index is 0. The van der Waals surface area contributed by atoms with Crippen LogP contribution in [0.5, 0.6) is 0 Å². The Morgan fingerprint density at radius 1 is 1.42 bits per heavy atom. The largest absolute Gasteiger partial charge is 0.368 e. The number of nitrogens with two attached hydrogens (primary N) is 1. The molecule has 0 bridgehead atoms. The predicted octanol–water partition coefficient (Wildman–Crippen LogP) is 0.664. The van der Waals surface area contributed by atoms with Gasteiger partial charge >= 0.3 is 0 Å². The van der Waals surface area contributed by atoms with Gasteiger partial charge in [-0.3, -0.25) is 9.59 Å². The lowest BCUT2D eigenvalue weighted by atomic mass is 9.91. The van der Waals surface area contributed by atoms with E-state index in [1.165, 1.54) is 0 Å². The maximum Gasteiger partial charge on any atom is 0.243 e. The summed E-state index contributed by atoms with van der Waals surface area (Å²) in [5, 5.41) is 6.12. The van der Waals surface area contributed by atoms with E-state index in [1.807, 2.05) is 25.6 Å². The number of hydrogen-bond donors (Lipinski definition) is 3. The normalized spacial score (nSPS) is 19.4. The Kier molecular flexibility index (Phi) is 8.45. The van der Waals surface area contributed by atoms with Gasteiger partial charge in [0.2, 0.25) is 11.8 Å². The van der Waals surface area contributed by atoms with Gasteiger partial charge in [-0.05, 0) is 12.8 Å². The van der Waals surface area contributed by atoms with Crippen molar-refractivity contribution < 1.29 is 9.59 Å². The molecule has 1 atom stereocenters. The third-order valence-corrected chi connectivity index (χ3v) is 4.62. The molecular formula is C12H24ClN3O2S. The molecule has 4 N–H and O–H groups in total. The van der Waals surface area contributed by atoms with Crippen molar-refractivity contribution in [2.45, 2.75) is 44.7 Å². The topological polar surface area (TPSA) is 84.2 Å². The molecule has 0 spiro atoms.